The van der Waals surface area contributed by atoms with Crippen LogP contribution in [0.2, 0.25) is 0 Å². The van der Waals surface area contributed by atoms with Crippen LogP contribution in [0.15, 0.2) is 12.2 Å². The molecule has 15 heavy (non-hydrogen) atoms. The smallest absolute Gasteiger partial charge is 0.266 e. The molecular formula is C12H22F2O. The third-order valence-electron chi connectivity index (χ3n) is 2.36. The molecule has 0 spiro atoms. The molecule has 0 aliphatic rings. The fourth-order valence-corrected chi connectivity index (χ4v) is 1.31. The Bertz CT molecular complexity index is 198. The fourth-order valence-electron chi connectivity index (χ4n) is 1.31. The largest absolute Gasteiger partial charge is 0.384 e. The number of allylic oxidation sites excluding steroid dienone is 2. The lowest BCUT2D eigenvalue weighted by Gasteiger charge is -2.22. The molecule has 0 aromatic rings. The molecule has 0 fully saturated rings. The average molecular weight is 220 g/mol. The summed E-state index contributed by atoms with van der Waals surface area (Å²) in [5.41, 5.74) is 0.0561. The molecule has 0 unspecified atom stereocenters. The van der Waals surface area contributed by atoms with Gasteiger partial charge in [-0.15, -0.1) is 0 Å². The summed E-state index contributed by atoms with van der Waals surface area (Å²) in [5, 5.41) is 0. The van der Waals surface area contributed by atoms with Crippen molar-refractivity contribution in [1.82, 2.24) is 0 Å². The fraction of sp³-hybridized carbons (Fsp3) is 0.833. The summed E-state index contributed by atoms with van der Waals surface area (Å²) >= 11 is 0. The summed E-state index contributed by atoms with van der Waals surface area (Å²) in [4.78, 5) is 0. The van der Waals surface area contributed by atoms with Crippen molar-refractivity contribution in [3.05, 3.63) is 12.2 Å². The number of rotatable bonds is 7. The Morgan fingerprint density at radius 2 is 1.87 bits per heavy atom. The molecule has 0 atom stereocenters. The zero-order chi connectivity index (χ0) is 11.9. The van der Waals surface area contributed by atoms with Gasteiger partial charge < -0.3 is 4.74 Å². The van der Waals surface area contributed by atoms with Crippen LogP contribution in [0, 0.1) is 5.41 Å². The SMILES string of the molecule is CCC(F)(F)/C=C/CCC(C)(C)COC. The van der Waals surface area contributed by atoms with E-state index in [2.05, 4.69) is 13.8 Å². The molecule has 1 nitrogen and oxygen atoms in total. The van der Waals surface area contributed by atoms with Gasteiger partial charge in [0, 0.05) is 13.5 Å². The molecule has 0 aromatic heterocycles. The third-order valence-corrected chi connectivity index (χ3v) is 2.36. The van der Waals surface area contributed by atoms with Gasteiger partial charge in [-0.25, -0.2) is 8.78 Å². The van der Waals surface area contributed by atoms with Gasteiger partial charge in [0.05, 0.1) is 6.61 Å². The monoisotopic (exact) mass is 220 g/mol. The molecule has 0 saturated carbocycles. The minimum absolute atomic E-state index is 0.0561. The maximum absolute atomic E-state index is 12.8. The number of halogens is 2. The van der Waals surface area contributed by atoms with Crippen molar-refractivity contribution in [2.75, 3.05) is 13.7 Å². The summed E-state index contributed by atoms with van der Waals surface area (Å²) in [7, 11) is 1.66. The molecule has 0 aliphatic carbocycles. The number of hydrogen-bond donors (Lipinski definition) is 0. The highest BCUT2D eigenvalue weighted by atomic mass is 19.3. The van der Waals surface area contributed by atoms with Crippen molar-refractivity contribution in [1.29, 1.82) is 0 Å². The molecule has 0 rings (SSSR count). The van der Waals surface area contributed by atoms with Crippen LogP contribution in [0.1, 0.15) is 40.0 Å². The van der Waals surface area contributed by atoms with Crippen molar-refractivity contribution in [3.63, 3.8) is 0 Å². The zero-order valence-electron chi connectivity index (χ0n) is 10.1. The molecule has 0 saturated heterocycles. The number of hydrogen-bond acceptors (Lipinski definition) is 1. The summed E-state index contributed by atoms with van der Waals surface area (Å²) in [6, 6.07) is 0. The summed E-state index contributed by atoms with van der Waals surface area (Å²) in [5.74, 6) is -2.65. The van der Waals surface area contributed by atoms with Crippen LogP contribution in [0.3, 0.4) is 0 Å². The van der Waals surface area contributed by atoms with E-state index >= 15 is 0 Å². The van der Waals surface area contributed by atoms with E-state index in [0.717, 1.165) is 12.5 Å². The van der Waals surface area contributed by atoms with Crippen molar-refractivity contribution in [3.8, 4) is 0 Å². The summed E-state index contributed by atoms with van der Waals surface area (Å²) < 4.78 is 30.7. The minimum atomic E-state index is -2.65. The second-order valence-electron chi connectivity index (χ2n) is 4.65. The van der Waals surface area contributed by atoms with Gasteiger partial charge >= 0.3 is 0 Å². The van der Waals surface area contributed by atoms with Crippen molar-refractivity contribution >= 4 is 0 Å². The van der Waals surface area contributed by atoms with Gasteiger partial charge in [-0.1, -0.05) is 26.8 Å². The molecule has 0 bridgehead atoms. The third kappa shape index (κ3) is 7.48. The Morgan fingerprint density at radius 3 is 2.33 bits per heavy atom. The molecule has 0 heterocycles. The molecule has 3 heteroatoms. The number of methoxy groups -OCH3 is 1. The van der Waals surface area contributed by atoms with E-state index in [1.807, 2.05) is 0 Å². The van der Waals surface area contributed by atoms with Crippen molar-refractivity contribution < 1.29 is 13.5 Å². The van der Waals surface area contributed by atoms with Gasteiger partial charge in [-0.3, -0.25) is 0 Å². The molecule has 90 valence electrons. The first kappa shape index (κ1) is 14.6. The predicted molar refractivity (Wildman–Crippen MR) is 59.3 cm³/mol. The standard InChI is InChI=1S/C12H22F2O/c1-5-12(13,14)9-7-6-8-11(2,3)10-15-4/h7,9H,5-6,8,10H2,1-4H3/b9-7+. The lowest BCUT2D eigenvalue weighted by atomic mass is 9.89. The van der Waals surface area contributed by atoms with Crippen molar-refractivity contribution in [2.24, 2.45) is 5.41 Å². The molecule has 0 amide bonds. The Morgan fingerprint density at radius 1 is 1.27 bits per heavy atom. The van der Waals surface area contributed by atoms with Crippen LogP contribution in [-0.2, 0) is 4.74 Å². The van der Waals surface area contributed by atoms with Crippen LogP contribution in [0.25, 0.3) is 0 Å². The van der Waals surface area contributed by atoms with Gasteiger partial charge in [0.2, 0.25) is 0 Å². The van der Waals surface area contributed by atoms with E-state index in [1.165, 1.54) is 6.92 Å². The lowest BCUT2D eigenvalue weighted by molar-refractivity contribution is 0.0506. The number of alkyl halides is 2. The Hall–Kier alpha value is -0.440. The maximum atomic E-state index is 12.8. The molecular weight excluding hydrogens is 198 g/mol. The lowest BCUT2D eigenvalue weighted by Crippen LogP contribution is -2.17. The Labute approximate surface area is 91.5 Å². The normalized spacial score (nSPS) is 13.7. The van der Waals surface area contributed by atoms with Crippen LogP contribution < -0.4 is 0 Å². The Kier molecular flexibility index (Phi) is 6.03. The first-order valence-electron chi connectivity index (χ1n) is 5.37. The van der Waals surface area contributed by atoms with E-state index in [1.54, 1.807) is 13.2 Å². The zero-order valence-corrected chi connectivity index (χ0v) is 10.1. The van der Waals surface area contributed by atoms with Crippen molar-refractivity contribution in [2.45, 2.75) is 46.0 Å². The van der Waals surface area contributed by atoms with Crippen LogP contribution >= 0.6 is 0 Å². The first-order chi connectivity index (χ1) is 6.83. The van der Waals surface area contributed by atoms with Gasteiger partial charge in [-0.2, -0.15) is 0 Å². The van der Waals surface area contributed by atoms with Gasteiger partial charge in [0.1, 0.15) is 0 Å². The van der Waals surface area contributed by atoms with E-state index in [4.69, 9.17) is 4.74 Å². The Balaban J connectivity index is 3.88. The van der Waals surface area contributed by atoms with Crippen LogP contribution in [0.5, 0.6) is 0 Å². The highest BCUT2D eigenvalue weighted by molar-refractivity contribution is 4.94. The maximum Gasteiger partial charge on any atom is 0.266 e. The quantitative estimate of drug-likeness (QED) is 0.588. The second-order valence-corrected chi connectivity index (χ2v) is 4.65. The number of ether oxygens (including phenoxy) is 1. The first-order valence-corrected chi connectivity index (χ1v) is 5.37. The summed E-state index contributed by atoms with van der Waals surface area (Å²) in [6.07, 6.45) is 3.98. The molecule has 0 aliphatic heterocycles. The molecule has 0 aromatic carbocycles. The van der Waals surface area contributed by atoms with E-state index in [-0.39, 0.29) is 11.8 Å². The van der Waals surface area contributed by atoms with Gasteiger partial charge in [0.25, 0.3) is 5.92 Å². The van der Waals surface area contributed by atoms with Gasteiger partial charge in [-0.05, 0) is 24.3 Å². The van der Waals surface area contributed by atoms with Crippen LogP contribution in [0.4, 0.5) is 8.78 Å². The van der Waals surface area contributed by atoms with E-state index in [0.29, 0.717) is 13.0 Å². The minimum Gasteiger partial charge on any atom is -0.384 e. The summed E-state index contributed by atoms with van der Waals surface area (Å²) in [6.45, 7) is 6.29. The molecule has 0 N–H and O–H groups in total. The second kappa shape index (κ2) is 6.21. The van der Waals surface area contributed by atoms with Gasteiger partial charge in [0.15, 0.2) is 0 Å². The highest BCUT2D eigenvalue weighted by Crippen LogP contribution is 2.24. The van der Waals surface area contributed by atoms with Crippen LogP contribution in [-0.4, -0.2) is 19.6 Å². The predicted octanol–water partition coefficient (Wildman–Crippen LogP) is 4.04. The topological polar surface area (TPSA) is 9.23 Å². The highest BCUT2D eigenvalue weighted by Gasteiger charge is 2.21. The average Bonchev–Trinajstić information content (AvgIpc) is 2.13. The van der Waals surface area contributed by atoms with E-state index < -0.39 is 5.92 Å². The molecule has 0 radical (unpaired) electrons. The van der Waals surface area contributed by atoms with E-state index in [9.17, 15) is 8.78 Å².